The van der Waals surface area contributed by atoms with E-state index in [2.05, 4.69) is 22.7 Å². The lowest BCUT2D eigenvalue weighted by Crippen LogP contribution is -2.23. The number of ether oxygens (including phenoxy) is 1. The molecule has 1 aromatic carbocycles. The molecule has 0 aliphatic heterocycles. The molecule has 0 bridgehead atoms. The molecule has 90 valence electrons. The van der Waals surface area contributed by atoms with Crippen molar-refractivity contribution in [1.29, 1.82) is 0 Å². The number of carbonyl (C=O) groups is 1. The van der Waals surface area contributed by atoms with Gasteiger partial charge in [-0.1, -0.05) is 6.92 Å². The first-order valence-electron chi connectivity index (χ1n) is 5.01. The monoisotopic (exact) mass is 251 g/mol. The second-order valence-electron chi connectivity index (χ2n) is 3.13. The predicted octanol–water partition coefficient (Wildman–Crippen LogP) is 1.17. The fraction of sp³-hybridized carbons (Fsp3) is 0.182. The minimum absolute atomic E-state index is 0.106. The Balaban J connectivity index is 2.58. The number of nitrogens with two attached hydrogens (primary N) is 1. The first-order chi connectivity index (χ1) is 8.11. The first kappa shape index (κ1) is 13.1. The molecule has 3 N–H and O–H groups in total. The van der Waals surface area contributed by atoms with E-state index in [1.54, 1.807) is 37.4 Å². The Morgan fingerprint density at radius 3 is 2.71 bits per heavy atom. The van der Waals surface area contributed by atoms with Gasteiger partial charge in [0.2, 0.25) is 0 Å². The number of hydrazone groups is 1. The van der Waals surface area contributed by atoms with Gasteiger partial charge in [0.05, 0.1) is 6.21 Å². The van der Waals surface area contributed by atoms with Crippen molar-refractivity contribution in [2.24, 2.45) is 10.8 Å². The molecule has 0 radical (unpaired) electrons. The molecular formula is C11H13N3O2S. The number of esters is 1. The summed E-state index contributed by atoms with van der Waals surface area (Å²) < 4.78 is 5.02. The highest BCUT2D eigenvalue weighted by Gasteiger charge is 2.00. The number of hydrogen-bond donors (Lipinski definition) is 2. The molecule has 17 heavy (non-hydrogen) atoms. The van der Waals surface area contributed by atoms with Crippen LogP contribution in [0.3, 0.4) is 0 Å². The Kier molecular flexibility index (Phi) is 5.09. The lowest BCUT2D eigenvalue weighted by Gasteiger charge is -2.02. The molecule has 0 saturated heterocycles. The third kappa shape index (κ3) is 5.07. The van der Waals surface area contributed by atoms with Crippen LogP contribution in [0.1, 0.15) is 18.9 Å². The van der Waals surface area contributed by atoms with Crippen molar-refractivity contribution >= 4 is 29.5 Å². The average molecular weight is 251 g/mol. The minimum atomic E-state index is -0.262. The smallest absolute Gasteiger partial charge is 0.310 e. The van der Waals surface area contributed by atoms with Crippen LogP contribution in [0.2, 0.25) is 0 Å². The second kappa shape index (κ2) is 6.59. The van der Waals surface area contributed by atoms with Crippen LogP contribution >= 0.6 is 12.2 Å². The Bertz CT molecular complexity index is 429. The van der Waals surface area contributed by atoms with E-state index in [-0.39, 0.29) is 11.1 Å². The summed E-state index contributed by atoms with van der Waals surface area (Å²) in [6.07, 6.45) is 1.91. The molecule has 0 fully saturated rings. The van der Waals surface area contributed by atoms with Crippen LogP contribution in [0.25, 0.3) is 0 Å². The zero-order chi connectivity index (χ0) is 12.7. The Labute approximate surface area is 105 Å². The Morgan fingerprint density at radius 1 is 1.53 bits per heavy atom. The summed E-state index contributed by atoms with van der Waals surface area (Å²) in [5, 5.41) is 3.91. The minimum Gasteiger partial charge on any atom is -0.427 e. The van der Waals surface area contributed by atoms with E-state index in [4.69, 9.17) is 10.5 Å². The number of nitrogens with zero attached hydrogens (tertiary/aromatic N) is 1. The van der Waals surface area contributed by atoms with Crippen LogP contribution in [0.15, 0.2) is 29.4 Å². The summed E-state index contributed by atoms with van der Waals surface area (Å²) in [6.45, 7) is 1.74. The molecule has 0 unspecified atom stereocenters. The normalized spacial score (nSPS) is 10.2. The van der Waals surface area contributed by atoms with Gasteiger partial charge >= 0.3 is 5.97 Å². The van der Waals surface area contributed by atoms with Crippen LogP contribution in [0.4, 0.5) is 0 Å². The summed E-state index contributed by atoms with van der Waals surface area (Å²) in [6, 6.07) is 6.91. The van der Waals surface area contributed by atoms with E-state index in [1.807, 2.05) is 0 Å². The maximum absolute atomic E-state index is 11.0. The molecule has 5 nitrogen and oxygen atoms in total. The summed E-state index contributed by atoms with van der Waals surface area (Å²) in [7, 11) is 0. The van der Waals surface area contributed by atoms with Crippen molar-refractivity contribution in [1.82, 2.24) is 5.43 Å². The standard InChI is InChI=1S/C11H13N3O2S/c1-2-10(15)16-9-5-3-8(4-6-9)7-13-14-11(12)17/h3-7H,2H2,1H3,(H3,12,14,17). The van der Waals surface area contributed by atoms with Gasteiger partial charge < -0.3 is 10.5 Å². The molecule has 0 atom stereocenters. The maximum Gasteiger partial charge on any atom is 0.310 e. The van der Waals surface area contributed by atoms with E-state index < -0.39 is 0 Å². The van der Waals surface area contributed by atoms with E-state index in [1.165, 1.54) is 0 Å². The average Bonchev–Trinajstić information content (AvgIpc) is 2.31. The van der Waals surface area contributed by atoms with Crippen molar-refractivity contribution in [2.45, 2.75) is 13.3 Å². The first-order valence-corrected chi connectivity index (χ1v) is 5.42. The molecular weight excluding hydrogens is 238 g/mol. The van der Waals surface area contributed by atoms with Crippen molar-refractivity contribution in [2.75, 3.05) is 0 Å². The maximum atomic E-state index is 11.0. The third-order valence-corrected chi connectivity index (χ3v) is 1.88. The van der Waals surface area contributed by atoms with Gasteiger partial charge in [0.25, 0.3) is 0 Å². The molecule has 0 heterocycles. The topological polar surface area (TPSA) is 76.7 Å². The number of hydrogen-bond acceptors (Lipinski definition) is 4. The van der Waals surface area contributed by atoms with Crippen LogP contribution in [-0.2, 0) is 4.79 Å². The lowest BCUT2D eigenvalue weighted by molar-refractivity contribution is -0.134. The van der Waals surface area contributed by atoms with E-state index in [0.717, 1.165) is 5.56 Å². The van der Waals surface area contributed by atoms with E-state index >= 15 is 0 Å². The fourth-order valence-electron chi connectivity index (χ4n) is 0.996. The summed E-state index contributed by atoms with van der Waals surface area (Å²) >= 11 is 4.59. The van der Waals surface area contributed by atoms with E-state index in [9.17, 15) is 4.79 Å². The molecule has 6 heteroatoms. The zero-order valence-electron chi connectivity index (χ0n) is 9.34. The SMILES string of the molecule is CCC(=O)Oc1ccc(C=NNC(N)=S)cc1. The quantitative estimate of drug-likeness (QED) is 0.276. The molecule has 1 aromatic rings. The van der Waals surface area contributed by atoms with Crippen LogP contribution < -0.4 is 15.9 Å². The highest BCUT2D eigenvalue weighted by molar-refractivity contribution is 7.80. The Morgan fingerprint density at radius 2 is 2.18 bits per heavy atom. The van der Waals surface area contributed by atoms with Crippen LogP contribution in [0.5, 0.6) is 5.75 Å². The molecule has 0 saturated carbocycles. The molecule has 0 amide bonds. The lowest BCUT2D eigenvalue weighted by atomic mass is 10.2. The van der Waals surface area contributed by atoms with Gasteiger partial charge in [-0.3, -0.25) is 10.2 Å². The highest BCUT2D eigenvalue weighted by atomic mass is 32.1. The van der Waals surface area contributed by atoms with Gasteiger partial charge in [0, 0.05) is 6.42 Å². The summed E-state index contributed by atoms with van der Waals surface area (Å²) in [5.74, 6) is 0.248. The Hall–Kier alpha value is -1.95. The van der Waals surface area contributed by atoms with Crippen molar-refractivity contribution in [3.63, 3.8) is 0 Å². The van der Waals surface area contributed by atoms with Gasteiger partial charge in [-0.2, -0.15) is 5.10 Å². The van der Waals surface area contributed by atoms with Crippen molar-refractivity contribution in [3.8, 4) is 5.75 Å². The zero-order valence-corrected chi connectivity index (χ0v) is 10.2. The van der Waals surface area contributed by atoms with Crippen LogP contribution in [0, 0.1) is 0 Å². The van der Waals surface area contributed by atoms with Gasteiger partial charge in [0.1, 0.15) is 5.75 Å². The number of benzene rings is 1. The van der Waals surface area contributed by atoms with Crippen LogP contribution in [-0.4, -0.2) is 17.3 Å². The largest absolute Gasteiger partial charge is 0.427 e. The number of thiocarbonyl (C=S) groups is 1. The molecule has 1 rings (SSSR count). The predicted molar refractivity (Wildman–Crippen MR) is 69.9 cm³/mol. The number of nitrogens with one attached hydrogen (secondary N) is 1. The van der Waals surface area contributed by atoms with Crippen molar-refractivity contribution < 1.29 is 9.53 Å². The summed E-state index contributed by atoms with van der Waals surface area (Å²) in [4.78, 5) is 11.0. The number of carbonyl (C=O) groups excluding carboxylic acids is 1. The third-order valence-electron chi connectivity index (χ3n) is 1.79. The van der Waals surface area contributed by atoms with Gasteiger partial charge in [-0.15, -0.1) is 0 Å². The molecule has 0 aromatic heterocycles. The van der Waals surface area contributed by atoms with Crippen molar-refractivity contribution in [3.05, 3.63) is 29.8 Å². The second-order valence-corrected chi connectivity index (χ2v) is 3.57. The molecule has 0 spiro atoms. The molecule has 0 aliphatic rings. The van der Waals surface area contributed by atoms with Gasteiger partial charge in [-0.25, -0.2) is 0 Å². The number of rotatable bonds is 4. The van der Waals surface area contributed by atoms with Gasteiger partial charge in [0.15, 0.2) is 5.11 Å². The highest BCUT2D eigenvalue weighted by Crippen LogP contribution is 2.11. The van der Waals surface area contributed by atoms with E-state index in [0.29, 0.717) is 12.2 Å². The summed E-state index contributed by atoms with van der Waals surface area (Å²) in [5.41, 5.74) is 8.48. The van der Waals surface area contributed by atoms with Gasteiger partial charge in [-0.05, 0) is 42.0 Å². The molecule has 0 aliphatic carbocycles. The fourth-order valence-corrected chi connectivity index (χ4v) is 1.05.